The second-order valence-corrected chi connectivity index (χ2v) is 4.87. The van der Waals surface area contributed by atoms with Crippen molar-refractivity contribution < 1.29 is 4.79 Å². The average Bonchev–Trinajstić information content (AvgIpc) is 2.33. The molecule has 4 nitrogen and oxygen atoms in total. The molecule has 0 radical (unpaired) electrons. The normalized spacial score (nSPS) is 17.2. The Kier molecular flexibility index (Phi) is 3.74. The third kappa shape index (κ3) is 3.03. The maximum Gasteiger partial charge on any atom is 0.220 e. The van der Waals surface area contributed by atoms with Crippen molar-refractivity contribution in [2.75, 3.05) is 6.54 Å². The van der Waals surface area contributed by atoms with E-state index in [0.717, 1.165) is 18.4 Å². The maximum atomic E-state index is 11.8. The van der Waals surface area contributed by atoms with E-state index in [4.69, 9.17) is 5.73 Å². The Morgan fingerprint density at radius 1 is 1.53 bits per heavy atom. The third-order valence-corrected chi connectivity index (χ3v) is 3.60. The summed E-state index contributed by atoms with van der Waals surface area (Å²) in [6.07, 6.45) is 7.43. The van der Waals surface area contributed by atoms with Crippen LogP contribution in [0.25, 0.3) is 0 Å². The summed E-state index contributed by atoms with van der Waals surface area (Å²) in [5.74, 6) is 0.0963. The van der Waals surface area contributed by atoms with Gasteiger partial charge in [-0.25, -0.2) is 0 Å². The Hall–Kier alpha value is -1.42. The maximum absolute atomic E-state index is 11.8. The summed E-state index contributed by atoms with van der Waals surface area (Å²) in [6.45, 7) is 1.17. The monoisotopic (exact) mass is 233 g/mol. The van der Waals surface area contributed by atoms with E-state index in [9.17, 15) is 4.79 Å². The van der Waals surface area contributed by atoms with Gasteiger partial charge in [-0.2, -0.15) is 0 Å². The number of carbonyl (C=O) groups excluding carboxylic acids is 1. The highest BCUT2D eigenvalue weighted by molar-refractivity contribution is 5.76. The molecule has 1 aromatic heterocycles. The lowest BCUT2D eigenvalue weighted by molar-refractivity contribution is -0.124. The highest BCUT2D eigenvalue weighted by Crippen LogP contribution is 2.42. The van der Waals surface area contributed by atoms with Gasteiger partial charge in [0.1, 0.15) is 0 Å². The van der Waals surface area contributed by atoms with E-state index in [1.54, 1.807) is 12.4 Å². The molecule has 1 saturated carbocycles. The van der Waals surface area contributed by atoms with Crippen molar-refractivity contribution in [2.45, 2.75) is 32.2 Å². The molecule has 0 saturated heterocycles. The van der Waals surface area contributed by atoms with Gasteiger partial charge in [0.2, 0.25) is 5.91 Å². The number of amides is 1. The van der Waals surface area contributed by atoms with Crippen LogP contribution >= 0.6 is 0 Å². The number of hydrogen-bond acceptors (Lipinski definition) is 3. The van der Waals surface area contributed by atoms with Crippen LogP contribution in [-0.2, 0) is 11.3 Å². The van der Waals surface area contributed by atoms with Crippen molar-refractivity contribution in [3.05, 3.63) is 30.1 Å². The molecule has 0 spiro atoms. The van der Waals surface area contributed by atoms with Gasteiger partial charge < -0.3 is 11.1 Å². The smallest absolute Gasteiger partial charge is 0.220 e. The van der Waals surface area contributed by atoms with Gasteiger partial charge in [-0.05, 0) is 36.4 Å². The number of carbonyl (C=O) groups is 1. The molecule has 0 aromatic carbocycles. The van der Waals surface area contributed by atoms with E-state index in [0.29, 0.717) is 19.5 Å². The molecule has 0 atom stereocenters. The molecule has 92 valence electrons. The second-order valence-electron chi connectivity index (χ2n) is 4.87. The standard InChI is InChI=1S/C13H19N3O/c14-10-13(4-2-5-13)7-12(17)16-9-11-3-1-6-15-8-11/h1,3,6,8H,2,4-5,7,9-10,14H2,(H,16,17). The predicted molar refractivity (Wildman–Crippen MR) is 66.0 cm³/mol. The molecule has 3 N–H and O–H groups in total. The second kappa shape index (κ2) is 5.27. The van der Waals surface area contributed by atoms with Gasteiger partial charge in [-0.15, -0.1) is 0 Å². The molecule has 1 amide bonds. The number of pyridine rings is 1. The van der Waals surface area contributed by atoms with Crippen LogP contribution in [0.1, 0.15) is 31.2 Å². The van der Waals surface area contributed by atoms with Crippen LogP contribution in [0.3, 0.4) is 0 Å². The molecule has 1 fully saturated rings. The SMILES string of the molecule is NCC1(CC(=O)NCc2cccnc2)CCC1. The summed E-state index contributed by atoms with van der Waals surface area (Å²) >= 11 is 0. The molecule has 0 aliphatic heterocycles. The van der Waals surface area contributed by atoms with E-state index in [1.165, 1.54) is 6.42 Å². The number of hydrogen-bond donors (Lipinski definition) is 2. The largest absolute Gasteiger partial charge is 0.352 e. The first kappa shape index (κ1) is 12.0. The number of rotatable bonds is 5. The van der Waals surface area contributed by atoms with Gasteiger partial charge in [0.05, 0.1) is 0 Å². The molecule has 2 rings (SSSR count). The van der Waals surface area contributed by atoms with Crippen molar-refractivity contribution in [1.29, 1.82) is 0 Å². The third-order valence-electron chi connectivity index (χ3n) is 3.60. The topological polar surface area (TPSA) is 68.0 Å². The molecule has 0 unspecified atom stereocenters. The minimum Gasteiger partial charge on any atom is -0.352 e. The van der Waals surface area contributed by atoms with Crippen molar-refractivity contribution in [2.24, 2.45) is 11.1 Å². The van der Waals surface area contributed by atoms with Crippen LogP contribution in [0, 0.1) is 5.41 Å². The summed E-state index contributed by atoms with van der Waals surface area (Å²) in [6, 6.07) is 3.82. The minimum atomic E-state index is 0.0824. The lowest BCUT2D eigenvalue weighted by Gasteiger charge is -2.40. The Balaban J connectivity index is 1.78. The molecular formula is C13H19N3O. The van der Waals surface area contributed by atoms with Gasteiger partial charge in [-0.3, -0.25) is 9.78 Å². The van der Waals surface area contributed by atoms with Gasteiger partial charge >= 0.3 is 0 Å². The molecule has 1 aliphatic rings. The highest BCUT2D eigenvalue weighted by atomic mass is 16.1. The number of nitrogens with one attached hydrogen (secondary N) is 1. The van der Waals surface area contributed by atoms with E-state index in [1.807, 2.05) is 12.1 Å². The van der Waals surface area contributed by atoms with Gasteiger partial charge in [0.25, 0.3) is 0 Å². The Morgan fingerprint density at radius 3 is 2.88 bits per heavy atom. The molecule has 17 heavy (non-hydrogen) atoms. The first-order valence-corrected chi connectivity index (χ1v) is 6.10. The molecular weight excluding hydrogens is 214 g/mol. The van der Waals surface area contributed by atoms with Crippen LogP contribution in [-0.4, -0.2) is 17.4 Å². The summed E-state index contributed by atoms with van der Waals surface area (Å²) in [7, 11) is 0. The van der Waals surface area contributed by atoms with E-state index in [2.05, 4.69) is 10.3 Å². The average molecular weight is 233 g/mol. The van der Waals surface area contributed by atoms with Crippen molar-refractivity contribution in [3.63, 3.8) is 0 Å². The van der Waals surface area contributed by atoms with Crippen LogP contribution < -0.4 is 11.1 Å². The van der Waals surface area contributed by atoms with Crippen LogP contribution in [0.15, 0.2) is 24.5 Å². The highest BCUT2D eigenvalue weighted by Gasteiger charge is 2.37. The minimum absolute atomic E-state index is 0.0824. The zero-order chi connectivity index (χ0) is 12.1. The van der Waals surface area contributed by atoms with Crippen molar-refractivity contribution in [3.8, 4) is 0 Å². The van der Waals surface area contributed by atoms with Crippen LogP contribution in [0.2, 0.25) is 0 Å². The Labute approximate surface area is 102 Å². The molecule has 0 bridgehead atoms. The van der Waals surface area contributed by atoms with Crippen LogP contribution in [0.5, 0.6) is 0 Å². The van der Waals surface area contributed by atoms with E-state index in [-0.39, 0.29) is 11.3 Å². The van der Waals surface area contributed by atoms with Crippen molar-refractivity contribution >= 4 is 5.91 Å². The summed E-state index contributed by atoms with van der Waals surface area (Å²) in [5, 5.41) is 2.92. The van der Waals surface area contributed by atoms with Crippen molar-refractivity contribution in [1.82, 2.24) is 10.3 Å². The fraction of sp³-hybridized carbons (Fsp3) is 0.538. The summed E-state index contributed by atoms with van der Waals surface area (Å²) < 4.78 is 0. The molecule has 1 aliphatic carbocycles. The first-order chi connectivity index (χ1) is 8.24. The quantitative estimate of drug-likeness (QED) is 0.803. The molecule has 1 heterocycles. The van der Waals surface area contributed by atoms with Gasteiger partial charge in [0, 0.05) is 25.4 Å². The lowest BCUT2D eigenvalue weighted by atomic mass is 9.66. The van der Waals surface area contributed by atoms with Gasteiger partial charge in [-0.1, -0.05) is 12.5 Å². The number of nitrogens with two attached hydrogens (primary N) is 1. The van der Waals surface area contributed by atoms with Gasteiger partial charge in [0.15, 0.2) is 0 Å². The lowest BCUT2D eigenvalue weighted by Crippen LogP contribution is -2.41. The van der Waals surface area contributed by atoms with Crippen LogP contribution in [0.4, 0.5) is 0 Å². The summed E-state index contributed by atoms with van der Waals surface area (Å²) in [5.41, 5.74) is 6.84. The fourth-order valence-electron chi connectivity index (χ4n) is 2.24. The fourth-order valence-corrected chi connectivity index (χ4v) is 2.24. The Morgan fingerprint density at radius 2 is 2.35 bits per heavy atom. The van der Waals surface area contributed by atoms with E-state index >= 15 is 0 Å². The first-order valence-electron chi connectivity index (χ1n) is 6.10. The zero-order valence-corrected chi connectivity index (χ0v) is 9.98. The predicted octanol–water partition coefficient (Wildman–Crippen LogP) is 1.22. The summed E-state index contributed by atoms with van der Waals surface area (Å²) in [4.78, 5) is 15.8. The molecule has 1 aromatic rings. The zero-order valence-electron chi connectivity index (χ0n) is 9.98. The number of aromatic nitrogens is 1. The number of nitrogens with zero attached hydrogens (tertiary/aromatic N) is 1. The molecule has 4 heteroatoms. The van der Waals surface area contributed by atoms with E-state index < -0.39 is 0 Å². The Bertz CT molecular complexity index is 368.